The van der Waals surface area contributed by atoms with E-state index < -0.39 is 0 Å². The Kier molecular flexibility index (Phi) is 5.27. The summed E-state index contributed by atoms with van der Waals surface area (Å²) in [6, 6.07) is 0.685. The number of nitrogens with zero attached hydrogens (tertiary/aromatic N) is 3. The summed E-state index contributed by atoms with van der Waals surface area (Å²) >= 11 is 1.85. The Morgan fingerprint density at radius 1 is 1.33 bits per heavy atom. The Morgan fingerprint density at radius 2 is 2.10 bits per heavy atom. The molecule has 1 aliphatic heterocycles. The smallest absolute Gasteiger partial charge is 0.0959 e. The molecule has 0 atom stereocenters. The van der Waals surface area contributed by atoms with Gasteiger partial charge in [0.1, 0.15) is 0 Å². The van der Waals surface area contributed by atoms with Crippen LogP contribution in [-0.4, -0.2) is 59.2 Å². The van der Waals surface area contributed by atoms with Crippen LogP contribution >= 0.6 is 11.3 Å². The fourth-order valence-corrected chi connectivity index (χ4v) is 4.15. The second-order valence-corrected chi connectivity index (χ2v) is 7.41. The Balaban J connectivity index is 1.42. The lowest BCUT2D eigenvalue weighted by Crippen LogP contribution is -2.43. The van der Waals surface area contributed by atoms with Crippen LogP contribution < -0.4 is 0 Å². The summed E-state index contributed by atoms with van der Waals surface area (Å²) in [6.07, 6.45) is 6.06. The highest BCUT2D eigenvalue weighted by atomic mass is 32.1. The molecule has 2 fully saturated rings. The summed E-state index contributed by atoms with van der Waals surface area (Å²) in [5.74, 6) is 0.787. The van der Waals surface area contributed by atoms with Gasteiger partial charge in [0.25, 0.3) is 0 Å². The van der Waals surface area contributed by atoms with Gasteiger partial charge in [-0.25, -0.2) is 4.98 Å². The average molecular weight is 309 g/mol. The zero-order valence-corrected chi connectivity index (χ0v) is 13.8. The Labute approximate surface area is 131 Å². The molecule has 0 amide bonds. The van der Waals surface area contributed by atoms with Crippen molar-refractivity contribution in [2.45, 2.75) is 50.6 Å². The van der Waals surface area contributed by atoms with E-state index in [-0.39, 0.29) is 0 Å². The third-order valence-corrected chi connectivity index (χ3v) is 5.79. The Bertz CT molecular complexity index is 438. The fourth-order valence-electron chi connectivity index (χ4n) is 3.16. The molecular weight excluding hydrogens is 282 g/mol. The highest BCUT2D eigenvalue weighted by Crippen LogP contribution is 2.41. The van der Waals surface area contributed by atoms with E-state index in [0.29, 0.717) is 12.6 Å². The van der Waals surface area contributed by atoms with Crippen molar-refractivity contribution in [3.05, 3.63) is 16.1 Å². The standard InChI is InChI=1S/C16H27N3OS/c1-18(7-2-10-20)15-5-8-19(9-6-15)11-14-12-21-16(17-14)13-3-4-13/h12-13,15,20H,2-11H2,1H3. The van der Waals surface area contributed by atoms with E-state index in [1.165, 1.54) is 49.5 Å². The maximum Gasteiger partial charge on any atom is 0.0959 e. The minimum atomic E-state index is 0.302. The predicted octanol–water partition coefficient (Wildman–Crippen LogP) is 2.30. The molecule has 1 saturated carbocycles. The molecule has 1 aromatic rings. The van der Waals surface area contributed by atoms with Crippen LogP contribution in [0.4, 0.5) is 0 Å². The van der Waals surface area contributed by atoms with Crippen molar-refractivity contribution in [3.63, 3.8) is 0 Å². The highest BCUT2D eigenvalue weighted by molar-refractivity contribution is 7.09. The van der Waals surface area contributed by atoms with Gasteiger partial charge >= 0.3 is 0 Å². The largest absolute Gasteiger partial charge is 0.396 e. The van der Waals surface area contributed by atoms with Crippen molar-refractivity contribution in [1.29, 1.82) is 0 Å². The van der Waals surface area contributed by atoms with Gasteiger partial charge in [-0.2, -0.15) is 0 Å². The molecule has 5 heteroatoms. The third-order valence-electron chi connectivity index (χ3n) is 4.73. The normalized spacial score (nSPS) is 21.3. The quantitative estimate of drug-likeness (QED) is 0.839. The molecule has 0 aromatic carbocycles. The molecule has 2 aliphatic rings. The van der Waals surface area contributed by atoms with Gasteiger partial charge in [0.15, 0.2) is 0 Å². The van der Waals surface area contributed by atoms with Gasteiger partial charge in [0.05, 0.1) is 10.7 Å². The second kappa shape index (κ2) is 7.18. The first-order valence-corrected chi connectivity index (χ1v) is 9.12. The van der Waals surface area contributed by atoms with E-state index in [2.05, 4.69) is 22.2 Å². The van der Waals surface area contributed by atoms with Gasteiger partial charge in [-0.05, 0) is 39.2 Å². The fraction of sp³-hybridized carbons (Fsp3) is 0.812. The average Bonchev–Trinajstić information content (AvgIpc) is 3.26. The van der Waals surface area contributed by atoms with Crippen LogP contribution in [0.3, 0.4) is 0 Å². The molecular formula is C16H27N3OS. The summed E-state index contributed by atoms with van der Waals surface area (Å²) in [5, 5.41) is 12.5. The summed E-state index contributed by atoms with van der Waals surface area (Å²) < 4.78 is 0. The van der Waals surface area contributed by atoms with Gasteiger partial charge in [-0.1, -0.05) is 0 Å². The lowest BCUT2D eigenvalue weighted by Gasteiger charge is -2.36. The van der Waals surface area contributed by atoms with Crippen LogP contribution in [0.1, 0.15) is 48.7 Å². The van der Waals surface area contributed by atoms with Crippen LogP contribution in [0, 0.1) is 0 Å². The molecule has 3 rings (SSSR count). The molecule has 2 heterocycles. The van der Waals surface area contributed by atoms with Crippen molar-refractivity contribution in [1.82, 2.24) is 14.8 Å². The van der Waals surface area contributed by atoms with Crippen LogP contribution in [0.25, 0.3) is 0 Å². The molecule has 0 spiro atoms. The first-order chi connectivity index (χ1) is 10.3. The summed E-state index contributed by atoms with van der Waals surface area (Å²) in [7, 11) is 2.19. The maximum absolute atomic E-state index is 8.92. The van der Waals surface area contributed by atoms with Crippen molar-refractivity contribution < 1.29 is 5.11 Å². The first-order valence-electron chi connectivity index (χ1n) is 8.24. The van der Waals surface area contributed by atoms with Gasteiger partial charge in [0, 0.05) is 50.1 Å². The van der Waals surface area contributed by atoms with Crippen LogP contribution in [0.2, 0.25) is 0 Å². The second-order valence-electron chi connectivity index (χ2n) is 6.52. The van der Waals surface area contributed by atoms with E-state index in [1.807, 2.05) is 11.3 Å². The number of thiazole rings is 1. The number of piperidine rings is 1. The zero-order valence-electron chi connectivity index (χ0n) is 13.0. The number of hydrogen-bond acceptors (Lipinski definition) is 5. The van der Waals surface area contributed by atoms with Crippen molar-refractivity contribution in [2.75, 3.05) is 33.3 Å². The summed E-state index contributed by atoms with van der Waals surface area (Å²) in [6.45, 7) is 4.68. The molecule has 1 aliphatic carbocycles. The number of rotatable bonds is 7. The van der Waals surface area contributed by atoms with Crippen LogP contribution in [0.15, 0.2) is 5.38 Å². The van der Waals surface area contributed by atoms with Gasteiger partial charge in [0.2, 0.25) is 0 Å². The molecule has 0 bridgehead atoms. The third kappa shape index (κ3) is 4.25. The van der Waals surface area contributed by atoms with Gasteiger partial charge < -0.3 is 10.0 Å². The van der Waals surface area contributed by atoms with Gasteiger partial charge in [-0.3, -0.25) is 4.90 Å². The van der Waals surface area contributed by atoms with Crippen LogP contribution in [0.5, 0.6) is 0 Å². The molecule has 4 nitrogen and oxygen atoms in total. The Hall–Kier alpha value is -0.490. The number of hydrogen-bond donors (Lipinski definition) is 1. The van der Waals surface area contributed by atoms with E-state index in [1.54, 1.807) is 0 Å². The molecule has 1 aromatic heterocycles. The minimum Gasteiger partial charge on any atom is -0.396 e. The number of aromatic nitrogens is 1. The monoisotopic (exact) mass is 309 g/mol. The predicted molar refractivity (Wildman–Crippen MR) is 86.7 cm³/mol. The SMILES string of the molecule is CN(CCCO)C1CCN(Cc2csc(C3CC3)n2)CC1. The molecule has 0 radical (unpaired) electrons. The summed E-state index contributed by atoms with van der Waals surface area (Å²) in [4.78, 5) is 9.76. The molecule has 1 N–H and O–H groups in total. The molecule has 0 unspecified atom stereocenters. The lowest BCUT2D eigenvalue weighted by molar-refractivity contribution is 0.117. The number of likely N-dealkylation sites (tertiary alicyclic amines) is 1. The van der Waals surface area contributed by atoms with E-state index in [9.17, 15) is 0 Å². The number of aliphatic hydroxyl groups excluding tert-OH is 1. The van der Waals surface area contributed by atoms with Crippen LogP contribution in [-0.2, 0) is 6.54 Å². The van der Waals surface area contributed by atoms with E-state index in [4.69, 9.17) is 10.1 Å². The minimum absolute atomic E-state index is 0.302. The van der Waals surface area contributed by atoms with Gasteiger partial charge in [-0.15, -0.1) is 11.3 Å². The lowest BCUT2D eigenvalue weighted by atomic mass is 10.0. The Morgan fingerprint density at radius 3 is 2.76 bits per heavy atom. The molecule has 21 heavy (non-hydrogen) atoms. The molecule has 118 valence electrons. The zero-order chi connectivity index (χ0) is 14.7. The summed E-state index contributed by atoms with van der Waals surface area (Å²) in [5.41, 5.74) is 1.27. The van der Waals surface area contributed by atoms with E-state index >= 15 is 0 Å². The van der Waals surface area contributed by atoms with E-state index in [0.717, 1.165) is 25.4 Å². The van der Waals surface area contributed by atoms with Crippen molar-refractivity contribution in [2.24, 2.45) is 0 Å². The van der Waals surface area contributed by atoms with Crippen molar-refractivity contribution in [3.8, 4) is 0 Å². The maximum atomic E-state index is 8.92. The number of aliphatic hydroxyl groups is 1. The first kappa shape index (κ1) is 15.4. The van der Waals surface area contributed by atoms with Crippen molar-refractivity contribution >= 4 is 11.3 Å². The molecule has 1 saturated heterocycles. The highest BCUT2D eigenvalue weighted by Gasteiger charge is 2.27. The topological polar surface area (TPSA) is 39.6 Å².